The molecule has 4 nitrogen and oxygen atoms in total. The van der Waals surface area contributed by atoms with Crippen LogP contribution in [0, 0.1) is 6.85 Å². The van der Waals surface area contributed by atoms with E-state index >= 15 is 0 Å². The van der Waals surface area contributed by atoms with Crippen molar-refractivity contribution in [1.29, 1.82) is 0 Å². The summed E-state index contributed by atoms with van der Waals surface area (Å²) in [6.45, 7) is 11.3. The number of rotatable bonds is 12. The van der Waals surface area contributed by atoms with Crippen molar-refractivity contribution in [1.82, 2.24) is 14.5 Å². The van der Waals surface area contributed by atoms with Crippen molar-refractivity contribution in [2.24, 2.45) is 0 Å². The lowest BCUT2D eigenvalue weighted by atomic mass is 9.84. The van der Waals surface area contributed by atoms with Crippen molar-refractivity contribution in [2.75, 3.05) is 0 Å². The van der Waals surface area contributed by atoms with Gasteiger partial charge in [-0.05, 0) is 163 Å². The maximum Gasteiger partial charge on any atom is 0.149 e. The SMILES string of the molecule is [2H]C([2H])([2H])c1cc(-c2c(C([2H])(C)C)cccc2C([2H])(C)C)ccc1-n1c(-c2cc(C([2H])(C)C)cc(C([2H])(C)C)c2O)nc2c(-c3cc(-c4ccccc4)cc(-c4cc(-c5ccc(-c6ccccc6)cc5)ccn4)c3)cccc21. The van der Waals surface area contributed by atoms with Crippen molar-refractivity contribution < 1.29 is 14.7 Å². The van der Waals surface area contributed by atoms with E-state index in [2.05, 4.69) is 72.8 Å². The Bertz CT molecular complexity index is 3840. The van der Waals surface area contributed by atoms with Gasteiger partial charge in [0.25, 0.3) is 0 Å². The van der Waals surface area contributed by atoms with E-state index in [9.17, 15) is 14.7 Å². The molecule has 0 aliphatic rings. The van der Waals surface area contributed by atoms with Gasteiger partial charge in [-0.3, -0.25) is 9.55 Å². The summed E-state index contributed by atoms with van der Waals surface area (Å²) in [4.78, 5) is 10.4. The monoisotopic (exact) mass is 933 g/mol. The second-order valence-electron chi connectivity index (χ2n) is 19.4. The van der Waals surface area contributed by atoms with E-state index in [0.717, 1.165) is 55.8 Å². The molecule has 0 fully saturated rings. The van der Waals surface area contributed by atoms with Crippen LogP contribution in [0.15, 0.2) is 188 Å². The Labute approximate surface area is 430 Å². The molecule has 0 aliphatic heterocycles. The average molecular weight is 933 g/mol. The first-order valence-corrected chi connectivity index (χ1v) is 24.3. The standard InChI is InChI=1S/C67H63N3O/c1-41(2)52-38-59(44(7)8)66(71)60(39-52)67-69-65-58(24-17-25-63(65)70(67)62-31-30-51(34-45(62)9)64-56(42(3)4)22-16-23-57(64)43(5)6)54-35-53(47-20-14-11-15-21-47)36-55(37-54)61-40-50(32-33-68-61)49-28-26-48(27-29-49)46-18-12-10-13-19-46/h10-44,71H,1-9H3/i9D3,41D,42D,43D,44D. The first-order chi connectivity index (χ1) is 36.8. The molecule has 10 rings (SSSR count). The number of imidazole rings is 1. The summed E-state index contributed by atoms with van der Waals surface area (Å²) < 4.78 is 66.3. The fraction of sp³-hybridized carbons (Fsp3) is 0.194. The molecule has 4 heteroatoms. The number of hydrogen-bond donors (Lipinski definition) is 1. The van der Waals surface area contributed by atoms with Crippen LogP contribution in [0.5, 0.6) is 5.75 Å². The van der Waals surface area contributed by atoms with Crippen LogP contribution in [0.3, 0.4) is 0 Å². The number of aromatic hydroxyl groups is 1. The normalized spacial score (nSPS) is 13.9. The quantitative estimate of drug-likeness (QED) is 0.133. The molecule has 2 heterocycles. The van der Waals surface area contributed by atoms with Crippen molar-refractivity contribution in [3.63, 3.8) is 0 Å². The fourth-order valence-electron chi connectivity index (χ4n) is 9.80. The molecule has 71 heavy (non-hydrogen) atoms. The lowest BCUT2D eigenvalue weighted by Crippen LogP contribution is -2.04. The summed E-state index contributed by atoms with van der Waals surface area (Å²) in [6.07, 6.45) is 1.83. The Balaban J connectivity index is 1.24. The zero-order chi connectivity index (χ0) is 55.7. The van der Waals surface area contributed by atoms with Gasteiger partial charge < -0.3 is 5.11 Å². The molecule has 0 saturated carbocycles. The summed E-state index contributed by atoms with van der Waals surface area (Å²) in [5.74, 6) is -4.63. The smallest absolute Gasteiger partial charge is 0.149 e. The molecule has 0 bridgehead atoms. The van der Waals surface area contributed by atoms with Gasteiger partial charge in [0, 0.05) is 26.9 Å². The van der Waals surface area contributed by atoms with E-state index in [1.54, 1.807) is 84.2 Å². The highest BCUT2D eigenvalue weighted by atomic mass is 16.3. The molecule has 0 aliphatic carbocycles. The van der Waals surface area contributed by atoms with E-state index in [4.69, 9.17) is 9.97 Å². The Morgan fingerprint density at radius 3 is 1.68 bits per heavy atom. The van der Waals surface area contributed by atoms with Gasteiger partial charge in [-0.1, -0.05) is 183 Å². The van der Waals surface area contributed by atoms with E-state index in [0.29, 0.717) is 44.4 Å². The third kappa shape index (κ3) is 9.12. The van der Waals surface area contributed by atoms with Gasteiger partial charge in [0.05, 0.1) is 28.0 Å². The molecule has 0 unspecified atom stereocenters. The molecular formula is C67H63N3O. The molecule has 0 radical (unpaired) electrons. The lowest BCUT2D eigenvalue weighted by Gasteiger charge is -2.22. The number of phenolic OH excluding ortho intramolecular Hbond substituents is 1. The number of pyridine rings is 1. The van der Waals surface area contributed by atoms with Crippen LogP contribution in [0.2, 0.25) is 0 Å². The minimum absolute atomic E-state index is 0.0104. The number of phenols is 1. The summed E-state index contributed by atoms with van der Waals surface area (Å²) in [5.41, 5.74) is 14.3. The molecular weight excluding hydrogens is 863 g/mol. The summed E-state index contributed by atoms with van der Waals surface area (Å²) >= 11 is 0. The first kappa shape index (κ1) is 39.0. The van der Waals surface area contributed by atoms with Crippen LogP contribution in [-0.2, 0) is 0 Å². The number of fused-ring (bicyclic) bond motifs is 1. The fourth-order valence-corrected chi connectivity index (χ4v) is 9.80. The Morgan fingerprint density at radius 2 is 1.04 bits per heavy atom. The summed E-state index contributed by atoms with van der Waals surface area (Å²) in [5, 5.41) is 12.5. The van der Waals surface area contributed by atoms with E-state index < -0.39 is 30.4 Å². The highest BCUT2D eigenvalue weighted by molar-refractivity contribution is 5.98. The zero-order valence-electron chi connectivity index (χ0n) is 48.7. The third-order valence-corrected chi connectivity index (χ3v) is 13.6. The Morgan fingerprint density at radius 1 is 0.465 bits per heavy atom. The highest BCUT2D eigenvalue weighted by Crippen LogP contribution is 2.45. The molecule has 352 valence electrons. The predicted octanol–water partition coefficient (Wildman–Crippen LogP) is 18.6. The largest absolute Gasteiger partial charge is 0.507 e. The summed E-state index contributed by atoms with van der Waals surface area (Å²) in [7, 11) is 0. The minimum atomic E-state index is -2.70. The van der Waals surface area contributed by atoms with Gasteiger partial charge in [0.1, 0.15) is 11.6 Å². The van der Waals surface area contributed by atoms with Crippen LogP contribution in [-0.4, -0.2) is 19.6 Å². The molecule has 2 aromatic heterocycles. The Kier molecular flexibility index (Phi) is 10.7. The van der Waals surface area contributed by atoms with Crippen molar-refractivity contribution >= 4 is 11.0 Å². The van der Waals surface area contributed by atoms with Crippen LogP contribution >= 0.6 is 0 Å². The number of para-hydroxylation sites is 1. The molecule has 0 spiro atoms. The van der Waals surface area contributed by atoms with Gasteiger partial charge in [-0.25, -0.2) is 4.98 Å². The molecule has 8 aromatic carbocycles. The number of hydrogen-bond acceptors (Lipinski definition) is 3. The average Bonchev–Trinajstić information content (AvgIpc) is 3.87. The van der Waals surface area contributed by atoms with E-state index in [1.807, 2.05) is 91.1 Å². The molecule has 0 amide bonds. The van der Waals surface area contributed by atoms with Crippen molar-refractivity contribution in [3.8, 4) is 89.7 Å². The number of aromatic nitrogens is 3. The van der Waals surface area contributed by atoms with Gasteiger partial charge in [0.15, 0.2) is 0 Å². The van der Waals surface area contributed by atoms with Crippen LogP contribution in [0.4, 0.5) is 0 Å². The van der Waals surface area contributed by atoms with E-state index in [-0.39, 0.29) is 28.4 Å². The Hall–Kier alpha value is -7.82. The van der Waals surface area contributed by atoms with Gasteiger partial charge in [0.2, 0.25) is 0 Å². The zero-order valence-corrected chi connectivity index (χ0v) is 41.7. The second-order valence-corrected chi connectivity index (χ2v) is 19.4. The van der Waals surface area contributed by atoms with Crippen molar-refractivity contribution in [2.45, 2.75) is 85.8 Å². The topological polar surface area (TPSA) is 50.9 Å². The third-order valence-electron chi connectivity index (χ3n) is 13.6. The van der Waals surface area contributed by atoms with Gasteiger partial charge in [-0.15, -0.1) is 0 Å². The van der Waals surface area contributed by atoms with Crippen LogP contribution in [0.1, 0.15) is 116 Å². The maximum absolute atomic E-state index is 12.5. The van der Waals surface area contributed by atoms with Gasteiger partial charge >= 0.3 is 0 Å². The highest BCUT2D eigenvalue weighted by Gasteiger charge is 2.25. The number of aryl methyl sites for hydroxylation is 1. The van der Waals surface area contributed by atoms with E-state index in [1.165, 1.54) is 0 Å². The molecule has 0 atom stereocenters. The molecule has 1 N–H and O–H groups in total. The lowest BCUT2D eigenvalue weighted by molar-refractivity contribution is 0.466. The second kappa shape index (κ2) is 19.5. The minimum Gasteiger partial charge on any atom is -0.507 e. The molecule has 0 saturated heterocycles. The maximum atomic E-state index is 12.5. The first-order valence-electron chi connectivity index (χ1n) is 27.8. The van der Waals surface area contributed by atoms with Gasteiger partial charge in [-0.2, -0.15) is 0 Å². The summed E-state index contributed by atoms with van der Waals surface area (Å²) in [6, 6.07) is 59.6. The number of benzene rings is 8. The van der Waals surface area contributed by atoms with Crippen LogP contribution in [0.25, 0.3) is 95.0 Å². The predicted molar refractivity (Wildman–Crippen MR) is 300 cm³/mol. The van der Waals surface area contributed by atoms with Crippen LogP contribution < -0.4 is 0 Å². The number of nitrogens with zero attached hydrogens (tertiary/aromatic N) is 3. The van der Waals surface area contributed by atoms with Crippen molar-refractivity contribution in [3.05, 3.63) is 216 Å². The molecule has 10 aromatic rings.